The third kappa shape index (κ3) is 4.83. The van der Waals surface area contributed by atoms with Crippen LogP contribution in [0.4, 0.5) is 0 Å². The molecule has 0 amide bonds. The first-order valence-corrected chi connectivity index (χ1v) is 6.54. The van der Waals surface area contributed by atoms with Crippen LogP contribution >= 0.6 is 0 Å². The van der Waals surface area contributed by atoms with Gasteiger partial charge in [0.2, 0.25) is 0 Å². The van der Waals surface area contributed by atoms with Crippen LogP contribution in [0.2, 0.25) is 0 Å². The largest absolute Gasteiger partial charge is 0.491 e. The Morgan fingerprint density at radius 2 is 2.00 bits per heavy atom. The van der Waals surface area contributed by atoms with Gasteiger partial charge in [-0.15, -0.1) is 0 Å². The summed E-state index contributed by atoms with van der Waals surface area (Å²) in [6.45, 7) is 2.45. The van der Waals surface area contributed by atoms with Gasteiger partial charge in [-0.25, -0.2) is 0 Å². The topological polar surface area (TPSA) is 68.2 Å². The second kappa shape index (κ2) is 7.50. The van der Waals surface area contributed by atoms with Gasteiger partial charge in [0.15, 0.2) is 0 Å². The lowest BCUT2D eigenvalue weighted by Gasteiger charge is -2.11. The highest BCUT2D eigenvalue weighted by atomic mass is 16.5. The highest BCUT2D eigenvalue weighted by molar-refractivity contribution is 6.58. The van der Waals surface area contributed by atoms with Crippen LogP contribution < -0.4 is 10.2 Å². The standard InChI is InChI=1S/C13H19BO5/c15-14(16)11-3-5-12(6-4-11)19-9-8-17-10-13-2-1-7-18-13/h3-6,13,15-16H,1-2,7-10H2. The van der Waals surface area contributed by atoms with E-state index in [2.05, 4.69) is 0 Å². The second-order valence-electron chi connectivity index (χ2n) is 4.50. The first-order chi connectivity index (χ1) is 9.25. The summed E-state index contributed by atoms with van der Waals surface area (Å²) < 4.78 is 16.4. The van der Waals surface area contributed by atoms with Gasteiger partial charge in [0, 0.05) is 6.61 Å². The van der Waals surface area contributed by atoms with E-state index in [0.29, 0.717) is 31.0 Å². The third-order valence-electron chi connectivity index (χ3n) is 3.00. The molecule has 1 unspecified atom stereocenters. The first-order valence-electron chi connectivity index (χ1n) is 6.54. The molecule has 1 fully saturated rings. The van der Waals surface area contributed by atoms with E-state index in [9.17, 15) is 0 Å². The third-order valence-corrected chi connectivity index (χ3v) is 3.00. The molecule has 0 spiro atoms. The summed E-state index contributed by atoms with van der Waals surface area (Å²) in [5.41, 5.74) is 0.446. The highest BCUT2D eigenvalue weighted by Crippen LogP contribution is 2.12. The fraction of sp³-hybridized carbons (Fsp3) is 0.538. The highest BCUT2D eigenvalue weighted by Gasteiger charge is 2.15. The molecule has 5 nitrogen and oxygen atoms in total. The van der Waals surface area contributed by atoms with Crippen LogP contribution in [0.3, 0.4) is 0 Å². The lowest BCUT2D eigenvalue weighted by atomic mass is 9.80. The number of benzene rings is 1. The lowest BCUT2D eigenvalue weighted by Crippen LogP contribution is -2.29. The predicted molar refractivity (Wildman–Crippen MR) is 71.6 cm³/mol. The summed E-state index contributed by atoms with van der Waals surface area (Å²) in [5, 5.41) is 17.9. The summed E-state index contributed by atoms with van der Waals surface area (Å²) in [5.74, 6) is 0.685. The van der Waals surface area contributed by atoms with E-state index in [1.165, 1.54) is 0 Å². The van der Waals surface area contributed by atoms with Crippen molar-refractivity contribution in [3.05, 3.63) is 24.3 Å². The SMILES string of the molecule is OB(O)c1ccc(OCCOCC2CCCO2)cc1. The minimum atomic E-state index is -1.44. The summed E-state index contributed by atoms with van der Waals surface area (Å²) in [6, 6.07) is 6.64. The van der Waals surface area contributed by atoms with Gasteiger partial charge >= 0.3 is 7.12 Å². The van der Waals surface area contributed by atoms with Gasteiger partial charge in [-0.1, -0.05) is 12.1 Å². The molecule has 0 aromatic heterocycles. The number of ether oxygens (including phenoxy) is 3. The molecule has 1 saturated heterocycles. The van der Waals surface area contributed by atoms with Crippen LogP contribution in [0.1, 0.15) is 12.8 Å². The Labute approximate surface area is 113 Å². The van der Waals surface area contributed by atoms with E-state index >= 15 is 0 Å². The Kier molecular flexibility index (Phi) is 5.66. The molecule has 0 aliphatic carbocycles. The molecule has 2 rings (SSSR count). The maximum absolute atomic E-state index is 8.95. The van der Waals surface area contributed by atoms with Crippen LogP contribution in [-0.4, -0.2) is 49.7 Å². The molecule has 6 heteroatoms. The van der Waals surface area contributed by atoms with Crippen molar-refractivity contribution in [1.29, 1.82) is 0 Å². The zero-order valence-electron chi connectivity index (χ0n) is 10.8. The molecule has 2 N–H and O–H groups in total. The fourth-order valence-electron chi connectivity index (χ4n) is 1.95. The van der Waals surface area contributed by atoms with E-state index in [1.807, 2.05) is 0 Å². The molecule has 0 bridgehead atoms. The van der Waals surface area contributed by atoms with E-state index < -0.39 is 7.12 Å². The zero-order valence-corrected chi connectivity index (χ0v) is 10.8. The van der Waals surface area contributed by atoms with Crippen molar-refractivity contribution >= 4 is 12.6 Å². The Morgan fingerprint density at radius 3 is 2.63 bits per heavy atom. The van der Waals surface area contributed by atoms with E-state index in [0.717, 1.165) is 19.4 Å². The second-order valence-corrected chi connectivity index (χ2v) is 4.50. The molecule has 0 saturated carbocycles. The molecule has 104 valence electrons. The summed E-state index contributed by atoms with van der Waals surface area (Å²) in [4.78, 5) is 0. The molecule has 0 radical (unpaired) electrons. The van der Waals surface area contributed by atoms with Crippen molar-refractivity contribution in [2.75, 3.05) is 26.4 Å². The molecule has 1 heterocycles. The minimum Gasteiger partial charge on any atom is -0.491 e. The monoisotopic (exact) mass is 266 g/mol. The average Bonchev–Trinajstić information content (AvgIpc) is 2.92. The summed E-state index contributed by atoms with van der Waals surface area (Å²) in [6.07, 6.45) is 2.43. The van der Waals surface area contributed by atoms with Crippen molar-refractivity contribution in [2.24, 2.45) is 0 Å². The number of hydrogen-bond acceptors (Lipinski definition) is 5. The van der Waals surface area contributed by atoms with Crippen LogP contribution in [0.25, 0.3) is 0 Å². The maximum Gasteiger partial charge on any atom is 0.488 e. The quantitative estimate of drug-likeness (QED) is 0.534. The van der Waals surface area contributed by atoms with Crippen molar-refractivity contribution in [3.8, 4) is 5.75 Å². The van der Waals surface area contributed by atoms with Crippen LogP contribution in [0.15, 0.2) is 24.3 Å². The van der Waals surface area contributed by atoms with Gasteiger partial charge in [0.25, 0.3) is 0 Å². The van der Waals surface area contributed by atoms with Crippen LogP contribution in [-0.2, 0) is 9.47 Å². The van der Waals surface area contributed by atoms with E-state index in [-0.39, 0.29) is 6.10 Å². The van der Waals surface area contributed by atoms with Crippen molar-refractivity contribution in [2.45, 2.75) is 18.9 Å². The van der Waals surface area contributed by atoms with Gasteiger partial charge in [0.1, 0.15) is 12.4 Å². The lowest BCUT2D eigenvalue weighted by molar-refractivity contribution is 0.00853. The number of hydrogen-bond donors (Lipinski definition) is 2. The van der Waals surface area contributed by atoms with Crippen molar-refractivity contribution in [1.82, 2.24) is 0 Å². The number of rotatable bonds is 7. The molecule has 19 heavy (non-hydrogen) atoms. The molecule has 1 aromatic carbocycles. The van der Waals surface area contributed by atoms with Crippen molar-refractivity contribution in [3.63, 3.8) is 0 Å². The first kappa shape index (κ1) is 14.3. The molecule has 1 aromatic rings. The summed E-state index contributed by atoms with van der Waals surface area (Å²) in [7, 11) is -1.44. The smallest absolute Gasteiger partial charge is 0.488 e. The maximum atomic E-state index is 8.95. The zero-order chi connectivity index (χ0) is 13.5. The van der Waals surface area contributed by atoms with Crippen LogP contribution in [0.5, 0.6) is 5.75 Å². The van der Waals surface area contributed by atoms with Gasteiger partial charge in [-0.2, -0.15) is 0 Å². The Balaban J connectivity index is 1.59. The van der Waals surface area contributed by atoms with Crippen LogP contribution in [0, 0.1) is 0 Å². The Morgan fingerprint density at radius 1 is 1.21 bits per heavy atom. The normalized spacial score (nSPS) is 18.5. The fourth-order valence-corrected chi connectivity index (χ4v) is 1.95. The molecular formula is C13H19BO5. The molecular weight excluding hydrogens is 247 g/mol. The molecule has 1 atom stereocenters. The average molecular weight is 266 g/mol. The summed E-state index contributed by atoms with van der Waals surface area (Å²) >= 11 is 0. The van der Waals surface area contributed by atoms with Gasteiger partial charge < -0.3 is 24.3 Å². The van der Waals surface area contributed by atoms with E-state index in [4.69, 9.17) is 24.3 Å². The molecule has 1 aliphatic heterocycles. The van der Waals surface area contributed by atoms with E-state index in [1.54, 1.807) is 24.3 Å². The van der Waals surface area contributed by atoms with Gasteiger partial charge in [-0.05, 0) is 30.4 Å². The van der Waals surface area contributed by atoms with Gasteiger partial charge in [-0.3, -0.25) is 0 Å². The minimum absolute atomic E-state index is 0.241. The van der Waals surface area contributed by atoms with Crippen molar-refractivity contribution < 1.29 is 24.3 Å². The Hall–Kier alpha value is -1.08. The molecule has 1 aliphatic rings. The predicted octanol–water partition coefficient (Wildman–Crippen LogP) is -0.0592. The van der Waals surface area contributed by atoms with Gasteiger partial charge in [0.05, 0.1) is 19.3 Å². The Bertz CT molecular complexity index is 362.